The minimum atomic E-state index is -0.809. The van der Waals surface area contributed by atoms with Crippen molar-refractivity contribution in [1.82, 2.24) is 0 Å². The smallest absolute Gasteiger partial charge is 0.397 e. The molecule has 0 aromatic heterocycles. The lowest BCUT2D eigenvalue weighted by molar-refractivity contribution is -0.151. The van der Waals surface area contributed by atoms with Crippen LogP contribution in [-0.2, 0) is 20.7 Å². The van der Waals surface area contributed by atoms with Gasteiger partial charge < -0.3 is 9.64 Å². The van der Waals surface area contributed by atoms with Crippen LogP contribution in [0.5, 0.6) is 0 Å². The van der Waals surface area contributed by atoms with Gasteiger partial charge in [-0.2, -0.15) is 0 Å². The highest BCUT2D eigenvalue weighted by atomic mass is 16.5. The average molecular weight is 219 g/mol. The third-order valence-electron chi connectivity index (χ3n) is 2.72. The van der Waals surface area contributed by atoms with Crippen molar-refractivity contribution in [3.05, 3.63) is 29.8 Å². The molecule has 1 aliphatic heterocycles. The van der Waals surface area contributed by atoms with E-state index in [1.54, 1.807) is 0 Å². The Morgan fingerprint density at radius 3 is 2.81 bits per heavy atom. The number of hydrogen-bond donors (Lipinski definition) is 0. The Kier molecular flexibility index (Phi) is 2.90. The number of rotatable bonds is 0. The van der Waals surface area contributed by atoms with Crippen molar-refractivity contribution < 1.29 is 14.3 Å². The second-order valence-corrected chi connectivity index (χ2v) is 3.68. The normalized spacial score (nSPS) is 14.2. The van der Waals surface area contributed by atoms with E-state index in [1.807, 2.05) is 24.3 Å². The fourth-order valence-corrected chi connectivity index (χ4v) is 1.94. The van der Waals surface area contributed by atoms with Gasteiger partial charge in [-0.15, -0.1) is 0 Å². The zero-order valence-electron chi connectivity index (χ0n) is 9.10. The maximum Gasteiger partial charge on any atom is 0.397 e. The number of esters is 1. The molecule has 0 fully saturated rings. The Morgan fingerprint density at radius 2 is 2.06 bits per heavy atom. The highest BCUT2D eigenvalue weighted by molar-refractivity contribution is 6.38. The van der Waals surface area contributed by atoms with Crippen LogP contribution in [0.15, 0.2) is 24.3 Å². The zero-order valence-corrected chi connectivity index (χ0v) is 9.10. The predicted molar refractivity (Wildman–Crippen MR) is 59.1 cm³/mol. The quantitative estimate of drug-likeness (QED) is 0.485. The van der Waals surface area contributed by atoms with Crippen LogP contribution in [0.4, 0.5) is 5.69 Å². The second-order valence-electron chi connectivity index (χ2n) is 3.68. The summed E-state index contributed by atoms with van der Waals surface area (Å²) < 4.78 is 4.45. The number of nitrogens with zero attached hydrogens (tertiary/aromatic N) is 1. The molecule has 0 unspecified atom stereocenters. The molecule has 0 spiro atoms. The molecule has 2 rings (SSSR count). The molecule has 0 radical (unpaired) electrons. The minimum Gasteiger partial charge on any atom is -0.462 e. The summed E-state index contributed by atoms with van der Waals surface area (Å²) in [5.41, 5.74) is 1.93. The van der Waals surface area contributed by atoms with Crippen LogP contribution in [0.2, 0.25) is 0 Å². The predicted octanol–water partition coefficient (Wildman–Crippen LogP) is 1.14. The van der Waals surface area contributed by atoms with Crippen molar-refractivity contribution in [3.63, 3.8) is 0 Å². The molecular formula is C12H13NO3. The highest BCUT2D eigenvalue weighted by Crippen LogP contribution is 2.26. The molecule has 0 bridgehead atoms. The highest BCUT2D eigenvalue weighted by Gasteiger charge is 2.27. The number of methoxy groups -OCH3 is 1. The van der Waals surface area contributed by atoms with Crippen LogP contribution < -0.4 is 4.90 Å². The molecule has 4 heteroatoms. The van der Waals surface area contributed by atoms with Gasteiger partial charge in [-0.3, -0.25) is 4.79 Å². The lowest BCUT2D eigenvalue weighted by Crippen LogP contribution is -2.40. The lowest BCUT2D eigenvalue weighted by atomic mass is 10.0. The Hall–Kier alpha value is -1.84. The topological polar surface area (TPSA) is 46.6 Å². The van der Waals surface area contributed by atoms with E-state index in [2.05, 4.69) is 4.74 Å². The fourth-order valence-electron chi connectivity index (χ4n) is 1.94. The molecule has 1 aliphatic rings. The number of anilines is 1. The largest absolute Gasteiger partial charge is 0.462 e. The van der Waals surface area contributed by atoms with Gasteiger partial charge in [0.25, 0.3) is 0 Å². The van der Waals surface area contributed by atoms with E-state index in [9.17, 15) is 9.59 Å². The minimum absolute atomic E-state index is 0.574. The third kappa shape index (κ3) is 1.78. The molecule has 84 valence electrons. The van der Waals surface area contributed by atoms with Crippen molar-refractivity contribution in [1.29, 1.82) is 0 Å². The van der Waals surface area contributed by atoms with Gasteiger partial charge in [-0.1, -0.05) is 18.2 Å². The summed E-state index contributed by atoms with van der Waals surface area (Å²) in [6.07, 6.45) is 1.82. The van der Waals surface area contributed by atoms with Crippen molar-refractivity contribution >= 4 is 17.6 Å². The Balaban J connectivity index is 2.32. The van der Waals surface area contributed by atoms with E-state index in [0.717, 1.165) is 24.1 Å². The first-order valence-electron chi connectivity index (χ1n) is 5.21. The number of carbonyl (C=O) groups excluding carboxylic acids is 2. The number of fused-ring (bicyclic) bond motifs is 1. The number of ether oxygens (including phenoxy) is 1. The summed E-state index contributed by atoms with van der Waals surface area (Å²) in [5, 5.41) is 0. The van der Waals surface area contributed by atoms with Gasteiger partial charge in [0.1, 0.15) is 0 Å². The molecule has 0 atom stereocenters. The van der Waals surface area contributed by atoms with Crippen LogP contribution in [0.3, 0.4) is 0 Å². The first kappa shape index (κ1) is 10.7. The molecule has 16 heavy (non-hydrogen) atoms. The zero-order chi connectivity index (χ0) is 11.5. The summed E-state index contributed by atoms with van der Waals surface area (Å²) in [6, 6.07) is 7.63. The van der Waals surface area contributed by atoms with Crippen molar-refractivity contribution in [2.45, 2.75) is 12.8 Å². The SMILES string of the molecule is COC(=O)C(=O)N1CCCc2ccccc21. The second kappa shape index (κ2) is 4.35. The van der Waals surface area contributed by atoms with Gasteiger partial charge in [0.2, 0.25) is 0 Å². The van der Waals surface area contributed by atoms with E-state index in [-0.39, 0.29) is 0 Å². The number of carbonyl (C=O) groups is 2. The van der Waals surface area contributed by atoms with Crippen LogP contribution in [0.25, 0.3) is 0 Å². The molecule has 4 nitrogen and oxygen atoms in total. The Labute approximate surface area is 93.8 Å². The standard InChI is InChI=1S/C12H13NO3/c1-16-12(15)11(14)13-8-4-6-9-5-2-3-7-10(9)13/h2-3,5,7H,4,6,8H2,1H3. The van der Waals surface area contributed by atoms with Crippen LogP contribution >= 0.6 is 0 Å². The molecule has 0 saturated carbocycles. The van der Waals surface area contributed by atoms with Gasteiger partial charge in [0.05, 0.1) is 7.11 Å². The van der Waals surface area contributed by atoms with Gasteiger partial charge in [0, 0.05) is 12.2 Å². The van der Waals surface area contributed by atoms with Crippen molar-refractivity contribution in [3.8, 4) is 0 Å². The molecular weight excluding hydrogens is 206 g/mol. The van der Waals surface area contributed by atoms with Gasteiger partial charge in [-0.25, -0.2) is 4.79 Å². The van der Waals surface area contributed by atoms with Crippen molar-refractivity contribution in [2.75, 3.05) is 18.6 Å². The molecule has 1 aromatic carbocycles. The Morgan fingerprint density at radius 1 is 1.31 bits per heavy atom. The molecule has 1 amide bonds. The Bertz CT molecular complexity index is 428. The third-order valence-corrected chi connectivity index (χ3v) is 2.72. The molecule has 0 aliphatic carbocycles. The summed E-state index contributed by atoms with van der Waals surface area (Å²) in [5.74, 6) is -1.40. The van der Waals surface area contributed by atoms with E-state index in [4.69, 9.17) is 0 Å². The van der Waals surface area contributed by atoms with E-state index >= 15 is 0 Å². The summed E-state index contributed by atoms with van der Waals surface area (Å²) in [7, 11) is 1.22. The maximum atomic E-state index is 11.7. The van der Waals surface area contributed by atoms with Gasteiger partial charge in [0.15, 0.2) is 0 Å². The summed E-state index contributed by atoms with van der Waals surface area (Å²) in [4.78, 5) is 24.4. The summed E-state index contributed by atoms with van der Waals surface area (Å²) in [6.45, 7) is 0.574. The first-order valence-corrected chi connectivity index (χ1v) is 5.21. The average Bonchev–Trinajstić information content (AvgIpc) is 2.36. The number of amides is 1. The van der Waals surface area contributed by atoms with Gasteiger partial charge >= 0.3 is 11.9 Å². The number of aryl methyl sites for hydroxylation is 1. The van der Waals surface area contributed by atoms with Crippen LogP contribution in [-0.4, -0.2) is 25.5 Å². The summed E-state index contributed by atoms with van der Waals surface area (Å²) >= 11 is 0. The molecule has 1 aromatic rings. The first-order chi connectivity index (χ1) is 7.74. The van der Waals surface area contributed by atoms with Crippen molar-refractivity contribution in [2.24, 2.45) is 0 Å². The fraction of sp³-hybridized carbons (Fsp3) is 0.333. The van der Waals surface area contributed by atoms with E-state index in [1.165, 1.54) is 12.0 Å². The van der Waals surface area contributed by atoms with E-state index in [0.29, 0.717) is 6.54 Å². The maximum absolute atomic E-state index is 11.7. The van der Waals surface area contributed by atoms with Gasteiger partial charge in [-0.05, 0) is 24.5 Å². The monoisotopic (exact) mass is 219 g/mol. The molecule has 0 N–H and O–H groups in total. The molecule has 0 saturated heterocycles. The lowest BCUT2D eigenvalue weighted by Gasteiger charge is -2.28. The molecule has 1 heterocycles. The number of para-hydroxylation sites is 1. The van der Waals surface area contributed by atoms with Crippen LogP contribution in [0, 0.1) is 0 Å². The number of hydrogen-bond acceptors (Lipinski definition) is 3. The van der Waals surface area contributed by atoms with Crippen LogP contribution in [0.1, 0.15) is 12.0 Å². The number of benzene rings is 1. The van der Waals surface area contributed by atoms with E-state index < -0.39 is 11.9 Å².